The van der Waals surface area contributed by atoms with Crippen LogP contribution in [-0.4, -0.2) is 17.1 Å². The molecule has 1 N–H and O–H groups in total. The summed E-state index contributed by atoms with van der Waals surface area (Å²) in [7, 11) is 0. The molecule has 0 bridgehead atoms. The fourth-order valence-corrected chi connectivity index (χ4v) is 3.96. The summed E-state index contributed by atoms with van der Waals surface area (Å²) in [5.74, 6) is -0.309. The predicted octanol–water partition coefficient (Wildman–Crippen LogP) is 6.09. The average molecular weight is 395 g/mol. The van der Waals surface area contributed by atoms with E-state index in [1.807, 2.05) is 36.6 Å². The van der Waals surface area contributed by atoms with Crippen molar-refractivity contribution < 1.29 is 4.79 Å². The zero-order valence-corrected chi connectivity index (χ0v) is 15.7. The maximum absolute atomic E-state index is 12.6. The van der Waals surface area contributed by atoms with Gasteiger partial charge in [0.25, 0.3) is 5.91 Å². The van der Waals surface area contributed by atoms with Crippen molar-refractivity contribution in [2.45, 2.75) is 4.34 Å². The van der Waals surface area contributed by atoms with Crippen molar-refractivity contribution >= 4 is 57.2 Å². The maximum Gasteiger partial charge on any atom is 0.257 e. The Kier molecular flexibility index (Phi) is 5.46. The second-order valence-corrected chi connectivity index (χ2v) is 7.70. The number of amides is 1. The van der Waals surface area contributed by atoms with E-state index >= 15 is 0 Å². The zero-order chi connectivity index (χ0) is 17.1. The lowest BCUT2D eigenvalue weighted by Crippen LogP contribution is -2.12. The van der Waals surface area contributed by atoms with Crippen molar-refractivity contribution in [3.63, 3.8) is 0 Å². The minimum Gasteiger partial charge on any atom is -0.312 e. The number of thiazole rings is 1. The smallest absolute Gasteiger partial charge is 0.257 e. The summed E-state index contributed by atoms with van der Waals surface area (Å²) in [6, 6.07) is 14.5. The monoisotopic (exact) mass is 394 g/mol. The molecular formula is C17H12Cl2N2OS2. The van der Waals surface area contributed by atoms with Crippen LogP contribution >= 0.6 is 46.3 Å². The van der Waals surface area contributed by atoms with E-state index in [1.165, 1.54) is 23.1 Å². The van der Waals surface area contributed by atoms with Gasteiger partial charge in [0.05, 0.1) is 10.6 Å². The molecule has 1 aromatic heterocycles. The lowest BCUT2D eigenvalue weighted by Gasteiger charge is -2.07. The van der Waals surface area contributed by atoms with Crippen LogP contribution in [0.5, 0.6) is 0 Å². The van der Waals surface area contributed by atoms with E-state index in [2.05, 4.69) is 10.3 Å². The normalized spacial score (nSPS) is 10.6. The molecule has 0 unspecified atom stereocenters. The Bertz CT molecular complexity index is 882. The lowest BCUT2D eigenvalue weighted by atomic mass is 10.1. The van der Waals surface area contributed by atoms with Crippen LogP contribution in [0.2, 0.25) is 10.0 Å². The average Bonchev–Trinajstić information content (AvgIpc) is 3.00. The van der Waals surface area contributed by atoms with Crippen LogP contribution in [0.15, 0.2) is 52.9 Å². The van der Waals surface area contributed by atoms with Crippen LogP contribution in [0.25, 0.3) is 11.3 Å². The number of aromatic nitrogens is 1. The minimum absolute atomic E-state index is 0.309. The summed E-state index contributed by atoms with van der Waals surface area (Å²) in [5.41, 5.74) is 2.03. The van der Waals surface area contributed by atoms with E-state index in [0.29, 0.717) is 20.6 Å². The lowest BCUT2D eigenvalue weighted by molar-refractivity contribution is 0.102. The number of benzene rings is 2. The highest BCUT2D eigenvalue weighted by Crippen LogP contribution is 2.37. The SMILES string of the molecule is CSc1nc(-c2ccccc2)c(NC(=O)c2cc(Cl)ccc2Cl)s1. The number of halogens is 2. The summed E-state index contributed by atoms with van der Waals surface area (Å²) in [6.45, 7) is 0. The quantitative estimate of drug-likeness (QED) is 0.544. The van der Waals surface area contributed by atoms with Crippen molar-refractivity contribution in [3.05, 3.63) is 64.1 Å². The van der Waals surface area contributed by atoms with Crippen molar-refractivity contribution in [3.8, 4) is 11.3 Å². The third kappa shape index (κ3) is 3.75. The fourth-order valence-electron chi connectivity index (χ4n) is 2.11. The number of nitrogens with one attached hydrogen (secondary N) is 1. The molecule has 2 aromatic carbocycles. The molecule has 0 saturated heterocycles. The summed E-state index contributed by atoms with van der Waals surface area (Å²) >= 11 is 15.0. The third-order valence-corrected chi connectivity index (χ3v) is 5.75. The first-order valence-corrected chi connectivity index (χ1v) is 9.75. The highest BCUT2D eigenvalue weighted by atomic mass is 35.5. The van der Waals surface area contributed by atoms with Gasteiger partial charge in [-0.25, -0.2) is 4.98 Å². The van der Waals surface area contributed by atoms with Gasteiger partial charge in [-0.1, -0.05) is 76.6 Å². The van der Waals surface area contributed by atoms with Gasteiger partial charge in [0.1, 0.15) is 10.7 Å². The molecule has 3 rings (SSSR count). The molecule has 0 saturated carbocycles. The molecule has 0 radical (unpaired) electrons. The molecular weight excluding hydrogens is 383 g/mol. The Morgan fingerprint density at radius 1 is 1.17 bits per heavy atom. The summed E-state index contributed by atoms with van der Waals surface area (Å²) in [4.78, 5) is 17.2. The second-order valence-electron chi connectivity index (χ2n) is 4.81. The van der Waals surface area contributed by atoms with Gasteiger partial charge in [-0.15, -0.1) is 0 Å². The highest BCUT2D eigenvalue weighted by Gasteiger charge is 2.18. The summed E-state index contributed by atoms with van der Waals surface area (Å²) in [6.07, 6.45) is 1.95. The fraction of sp³-hybridized carbons (Fsp3) is 0.0588. The van der Waals surface area contributed by atoms with E-state index in [9.17, 15) is 4.79 Å². The maximum atomic E-state index is 12.6. The van der Waals surface area contributed by atoms with Crippen LogP contribution in [0, 0.1) is 0 Å². The van der Waals surface area contributed by atoms with E-state index in [4.69, 9.17) is 23.2 Å². The van der Waals surface area contributed by atoms with E-state index < -0.39 is 0 Å². The number of hydrogen-bond acceptors (Lipinski definition) is 4. The Hall–Kier alpha value is -1.53. The predicted molar refractivity (Wildman–Crippen MR) is 104 cm³/mol. The number of nitrogens with zero attached hydrogens (tertiary/aromatic N) is 1. The molecule has 24 heavy (non-hydrogen) atoms. The molecule has 7 heteroatoms. The standard InChI is InChI=1S/C17H12Cl2N2OS2/c1-23-17-20-14(10-5-3-2-4-6-10)16(24-17)21-15(22)12-9-11(18)7-8-13(12)19/h2-9H,1H3,(H,21,22). The van der Waals surface area contributed by atoms with Crippen LogP contribution in [-0.2, 0) is 0 Å². The molecule has 122 valence electrons. The first-order valence-electron chi connectivity index (χ1n) is 6.95. The molecule has 0 fully saturated rings. The molecule has 0 aliphatic rings. The third-order valence-electron chi connectivity index (χ3n) is 3.23. The molecule has 0 aliphatic heterocycles. The molecule has 0 spiro atoms. The van der Waals surface area contributed by atoms with E-state index in [1.54, 1.807) is 18.2 Å². The Balaban J connectivity index is 1.96. The van der Waals surface area contributed by atoms with E-state index in [-0.39, 0.29) is 5.91 Å². The Morgan fingerprint density at radius 2 is 1.92 bits per heavy atom. The van der Waals surface area contributed by atoms with Crippen molar-refractivity contribution in [2.75, 3.05) is 11.6 Å². The summed E-state index contributed by atoms with van der Waals surface area (Å²) in [5, 5.41) is 4.41. The van der Waals surface area contributed by atoms with E-state index in [0.717, 1.165) is 15.6 Å². The Labute approximate surface area is 158 Å². The van der Waals surface area contributed by atoms with Crippen LogP contribution in [0.3, 0.4) is 0 Å². The van der Waals surface area contributed by atoms with Gasteiger partial charge in [0, 0.05) is 10.6 Å². The van der Waals surface area contributed by atoms with Crippen LogP contribution in [0.4, 0.5) is 5.00 Å². The molecule has 1 heterocycles. The number of carbonyl (C=O) groups is 1. The largest absolute Gasteiger partial charge is 0.312 e. The van der Waals surface area contributed by atoms with Gasteiger partial charge in [-0.3, -0.25) is 4.79 Å². The number of hydrogen-bond donors (Lipinski definition) is 1. The van der Waals surface area contributed by atoms with Gasteiger partial charge in [-0.05, 0) is 24.5 Å². The minimum atomic E-state index is -0.309. The van der Waals surface area contributed by atoms with Gasteiger partial charge in [-0.2, -0.15) is 0 Å². The first-order chi connectivity index (χ1) is 11.6. The van der Waals surface area contributed by atoms with Gasteiger partial charge in [0.2, 0.25) is 0 Å². The van der Waals surface area contributed by atoms with Crippen LogP contribution < -0.4 is 5.32 Å². The Morgan fingerprint density at radius 3 is 2.62 bits per heavy atom. The van der Waals surface area contributed by atoms with Gasteiger partial charge < -0.3 is 5.32 Å². The summed E-state index contributed by atoms with van der Waals surface area (Å²) < 4.78 is 0.876. The van der Waals surface area contributed by atoms with Crippen LogP contribution in [0.1, 0.15) is 10.4 Å². The molecule has 0 aliphatic carbocycles. The van der Waals surface area contributed by atoms with Gasteiger partial charge >= 0.3 is 0 Å². The molecule has 3 aromatic rings. The zero-order valence-electron chi connectivity index (χ0n) is 12.5. The second kappa shape index (κ2) is 7.57. The van der Waals surface area contributed by atoms with Gasteiger partial charge in [0.15, 0.2) is 4.34 Å². The highest BCUT2D eigenvalue weighted by molar-refractivity contribution is 8.00. The van der Waals surface area contributed by atoms with Crippen molar-refractivity contribution in [1.29, 1.82) is 0 Å². The molecule has 0 atom stereocenters. The topological polar surface area (TPSA) is 42.0 Å². The number of anilines is 1. The number of thioether (sulfide) groups is 1. The first kappa shape index (κ1) is 17.3. The molecule has 3 nitrogen and oxygen atoms in total. The van der Waals surface area contributed by atoms with Crippen molar-refractivity contribution in [1.82, 2.24) is 4.98 Å². The number of rotatable bonds is 4. The molecule has 1 amide bonds. The van der Waals surface area contributed by atoms with Crippen molar-refractivity contribution in [2.24, 2.45) is 0 Å². The number of carbonyl (C=O) groups excluding carboxylic acids is 1.